The maximum atomic E-state index is 13.2. The molecule has 0 bridgehead atoms. The average molecular weight is 469 g/mol. The van der Waals surface area contributed by atoms with E-state index < -0.39 is 5.41 Å². The molecule has 0 aliphatic heterocycles. The largest absolute Gasteiger partial charge is 0.493 e. The van der Waals surface area contributed by atoms with Gasteiger partial charge in [-0.2, -0.15) is 0 Å². The second-order valence-electron chi connectivity index (χ2n) is 8.99. The van der Waals surface area contributed by atoms with Gasteiger partial charge < -0.3 is 10.1 Å². The number of amides is 1. The predicted octanol–water partition coefficient (Wildman–Crippen LogP) is 4.52. The van der Waals surface area contributed by atoms with Gasteiger partial charge in [0, 0.05) is 17.7 Å². The van der Waals surface area contributed by atoms with E-state index in [9.17, 15) is 9.59 Å². The van der Waals surface area contributed by atoms with E-state index in [4.69, 9.17) is 14.8 Å². The van der Waals surface area contributed by atoms with Crippen LogP contribution in [0.2, 0.25) is 0 Å². The number of benzene rings is 2. The van der Waals surface area contributed by atoms with Crippen molar-refractivity contribution in [2.45, 2.75) is 45.1 Å². The quantitative estimate of drug-likeness (QED) is 0.385. The minimum absolute atomic E-state index is 0.0495. The summed E-state index contributed by atoms with van der Waals surface area (Å²) in [5.74, 6) is 1.08. The zero-order valence-electron chi connectivity index (χ0n) is 20.2. The molecule has 7 nitrogen and oxygen atoms in total. The van der Waals surface area contributed by atoms with Gasteiger partial charge in [0.2, 0.25) is 5.91 Å². The highest BCUT2D eigenvalue weighted by atomic mass is 16.5. The number of rotatable bonds is 8. The van der Waals surface area contributed by atoms with E-state index in [-0.39, 0.29) is 11.7 Å². The van der Waals surface area contributed by atoms with Crippen LogP contribution in [-0.2, 0) is 23.2 Å². The molecule has 0 saturated heterocycles. The van der Waals surface area contributed by atoms with E-state index in [1.807, 2.05) is 67.6 Å². The third-order valence-electron chi connectivity index (χ3n) is 6.74. The number of aromatic nitrogens is 3. The summed E-state index contributed by atoms with van der Waals surface area (Å²) < 4.78 is 7.31. The molecular formula is C28H28N4O3. The van der Waals surface area contributed by atoms with Crippen LogP contribution < -0.4 is 10.1 Å². The van der Waals surface area contributed by atoms with Gasteiger partial charge in [-0.3, -0.25) is 9.59 Å². The van der Waals surface area contributed by atoms with Gasteiger partial charge in [0.05, 0.1) is 12.8 Å². The fraction of sp³-hybridized carbons (Fsp3) is 0.286. The smallest absolute Gasteiger partial charge is 0.234 e. The maximum Gasteiger partial charge on any atom is 0.234 e. The molecule has 0 spiro atoms. The summed E-state index contributed by atoms with van der Waals surface area (Å²) in [7, 11) is 1.60. The van der Waals surface area contributed by atoms with E-state index >= 15 is 0 Å². The molecule has 4 aromatic rings. The topological polar surface area (TPSA) is 85.6 Å². The Balaban J connectivity index is 1.53. The first-order valence-corrected chi connectivity index (χ1v) is 11.9. The highest BCUT2D eigenvalue weighted by Crippen LogP contribution is 2.47. The molecule has 1 fully saturated rings. The Bertz CT molecular complexity index is 1420. The Hall–Kier alpha value is -4.00. The first-order chi connectivity index (χ1) is 17.0. The van der Waals surface area contributed by atoms with Crippen LogP contribution in [-0.4, -0.2) is 33.4 Å². The molecule has 7 heteroatoms. The molecule has 1 N–H and O–H groups in total. The van der Waals surface area contributed by atoms with Crippen molar-refractivity contribution in [3.8, 4) is 17.0 Å². The molecule has 1 amide bonds. The Morgan fingerprint density at radius 1 is 1.09 bits per heavy atom. The number of nitrogens with one attached hydrogen (secondary N) is 1. The number of carbonyl (C=O) groups excluding carboxylic acids is 2. The van der Waals surface area contributed by atoms with Crippen LogP contribution in [0.25, 0.3) is 16.9 Å². The minimum atomic E-state index is -0.726. The van der Waals surface area contributed by atoms with Gasteiger partial charge in [-0.15, -0.1) is 5.10 Å². The van der Waals surface area contributed by atoms with Gasteiger partial charge in [-0.25, -0.2) is 9.50 Å². The van der Waals surface area contributed by atoms with Crippen LogP contribution >= 0.6 is 0 Å². The van der Waals surface area contributed by atoms with Crippen LogP contribution in [0.5, 0.6) is 5.75 Å². The zero-order valence-corrected chi connectivity index (χ0v) is 20.2. The third kappa shape index (κ3) is 4.07. The summed E-state index contributed by atoms with van der Waals surface area (Å²) in [5.41, 5.74) is 4.35. The molecule has 5 rings (SSSR count). The predicted molar refractivity (Wildman–Crippen MR) is 134 cm³/mol. The molecule has 0 atom stereocenters. The number of carbonyl (C=O) groups is 2. The normalized spacial score (nSPS) is 14.0. The number of aryl methyl sites for hydroxylation is 1. The van der Waals surface area contributed by atoms with Crippen molar-refractivity contribution >= 4 is 17.3 Å². The molecule has 178 valence electrons. The first-order valence-electron chi connectivity index (χ1n) is 11.9. The summed E-state index contributed by atoms with van der Waals surface area (Å²) in [5, 5.41) is 7.88. The molecule has 0 radical (unpaired) electrons. The number of ketones is 1. The van der Waals surface area contributed by atoms with Crippen LogP contribution in [0.3, 0.4) is 0 Å². The number of methoxy groups -OCH3 is 1. The summed E-state index contributed by atoms with van der Waals surface area (Å²) in [6.45, 7) is 4.08. The fourth-order valence-corrected chi connectivity index (χ4v) is 4.53. The van der Waals surface area contributed by atoms with Crippen molar-refractivity contribution < 1.29 is 14.3 Å². The molecule has 1 aliphatic carbocycles. The second kappa shape index (κ2) is 8.98. The average Bonchev–Trinajstić information content (AvgIpc) is 3.58. The Labute approximate surface area is 204 Å². The third-order valence-corrected chi connectivity index (χ3v) is 6.74. The molecule has 2 aromatic carbocycles. The summed E-state index contributed by atoms with van der Waals surface area (Å²) in [6, 6.07) is 19.5. The summed E-state index contributed by atoms with van der Waals surface area (Å²) >= 11 is 0. The van der Waals surface area contributed by atoms with Crippen molar-refractivity contribution in [2.24, 2.45) is 0 Å². The van der Waals surface area contributed by atoms with Crippen molar-refractivity contribution in [3.63, 3.8) is 0 Å². The van der Waals surface area contributed by atoms with Crippen molar-refractivity contribution in [1.29, 1.82) is 0 Å². The molecule has 0 unspecified atom stereocenters. The molecule has 2 heterocycles. The fourth-order valence-electron chi connectivity index (χ4n) is 4.53. The number of pyridine rings is 1. The van der Waals surface area contributed by atoms with Crippen LogP contribution in [0.15, 0.2) is 60.7 Å². The van der Waals surface area contributed by atoms with E-state index in [2.05, 4.69) is 5.32 Å². The van der Waals surface area contributed by atoms with Gasteiger partial charge >= 0.3 is 0 Å². The van der Waals surface area contributed by atoms with Crippen molar-refractivity contribution in [1.82, 2.24) is 19.9 Å². The molecule has 35 heavy (non-hydrogen) atoms. The van der Waals surface area contributed by atoms with Crippen molar-refractivity contribution in [3.05, 3.63) is 83.2 Å². The number of fused-ring (bicyclic) bond motifs is 1. The summed E-state index contributed by atoms with van der Waals surface area (Å²) in [6.07, 6.45) is 2.15. The Morgan fingerprint density at radius 2 is 1.86 bits per heavy atom. The SMILES string of the molecule is CCc1cc(-c2ccc(OC)c3nc(C4(C(=O)NCc5ccccc5)CC4)nn23)ccc1C(C)=O. The van der Waals surface area contributed by atoms with Gasteiger partial charge in [-0.1, -0.05) is 49.4 Å². The van der Waals surface area contributed by atoms with Gasteiger partial charge in [-0.05, 0) is 55.5 Å². The lowest BCUT2D eigenvalue weighted by molar-refractivity contribution is -0.123. The van der Waals surface area contributed by atoms with Gasteiger partial charge in [0.1, 0.15) is 5.41 Å². The molecular weight excluding hydrogens is 440 g/mol. The lowest BCUT2D eigenvalue weighted by Gasteiger charge is -2.12. The molecule has 1 aliphatic rings. The lowest BCUT2D eigenvalue weighted by Crippen LogP contribution is -2.35. The highest BCUT2D eigenvalue weighted by Gasteiger charge is 2.54. The van der Waals surface area contributed by atoms with E-state index in [0.29, 0.717) is 36.6 Å². The highest BCUT2D eigenvalue weighted by molar-refractivity contribution is 5.96. The maximum absolute atomic E-state index is 13.2. The monoisotopic (exact) mass is 468 g/mol. The minimum Gasteiger partial charge on any atom is -0.493 e. The number of hydrogen-bond donors (Lipinski definition) is 1. The van der Waals surface area contributed by atoms with E-state index in [0.717, 1.165) is 34.4 Å². The Kier molecular flexibility index (Phi) is 5.84. The van der Waals surface area contributed by atoms with Gasteiger partial charge in [0.25, 0.3) is 0 Å². The first kappa shape index (κ1) is 22.8. The number of nitrogens with zero attached hydrogens (tertiary/aromatic N) is 3. The number of Topliss-reactive ketones (excluding diaryl/α,β-unsaturated/α-hetero) is 1. The van der Waals surface area contributed by atoms with Crippen LogP contribution in [0.1, 0.15) is 54.0 Å². The van der Waals surface area contributed by atoms with Gasteiger partial charge in [0.15, 0.2) is 23.0 Å². The molecule has 1 saturated carbocycles. The van der Waals surface area contributed by atoms with E-state index in [1.165, 1.54) is 0 Å². The zero-order chi connectivity index (χ0) is 24.6. The lowest BCUT2D eigenvalue weighted by atomic mass is 9.98. The Morgan fingerprint density at radius 3 is 2.51 bits per heavy atom. The standard InChI is InChI=1S/C28H28N4O3/c1-4-20-16-21(10-11-22(20)18(2)33)23-12-13-24(35-3)25-30-26(31-32(23)25)28(14-15-28)27(34)29-17-19-8-6-5-7-9-19/h5-13,16H,4,14-15,17H2,1-3H3,(H,29,34). The number of ether oxygens (including phenoxy) is 1. The molecule has 2 aromatic heterocycles. The second-order valence-corrected chi connectivity index (χ2v) is 8.99. The van der Waals surface area contributed by atoms with Crippen molar-refractivity contribution in [2.75, 3.05) is 7.11 Å². The number of hydrogen-bond acceptors (Lipinski definition) is 5. The summed E-state index contributed by atoms with van der Waals surface area (Å²) in [4.78, 5) is 30.0. The van der Waals surface area contributed by atoms with Crippen LogP contribution in [0, 0.1) is 0 Å². The van der Waals surface area contributed by atoms with E-state index in [1.54, 1.807) is 18.5 Å². The van der Waals surface area contributed by atoms with Crippen LogP contribution in [0.4, 0.5) is 0 Å².